The molecule has 1 aromatic heterocycles. The molecule has 1 N–H and O–H groups in total. The van der Waals surface area contributed by atoms with Gasteiger partial charge in [0, 0.05) is 31.5 Å². The maximum absolute atomic E-state index is 14.2. The lowest BCUT2D eigenvalue weighted by Gasteiger charge is -2.37. The number of benzene rings is 3. The van der Waals surface area contributed by atoms with Crippen LogP contribution in [0.15, 0.2) is 85.2 Å². The molecule has 0 saturated heterocycles. The van der Waals surface area contributed by atoms with Crippen LogP contribution in [0.5, 0.6) is 23.0 Å². The van der Waals surface area contributed by atoms with Crippen molar-refractivity contribution in [2.24, 2.45) is 0 Å². The molecule has 3 aromatic carbocycles. The summed E-state index contributed by atoms with van der Waals surface area (Å²) in [7, 11) is 6.59. The number of rotatable bonds is 11. The molecule has 2 heterocycles. The highest BCUT2D eigenvalue weighted by Gasteiger charge is 2.36. The second-order valence-corrected chi connectivity index (χ2v) is 10.5. The zero-order valence-electron chi connectivity index (χ0n) is 25.2. The van der Waals surface area contributed by atoms with Crippen molar-refractivity contribution in [2.75, 3.05) is 35.0 Å². The Hall–Kier alpha value is -4.56. The van der Waals surface area contributed by atoms with Crippen molar-refractivity contribution in [1.29, 1.82) is 0 Å². The minimum absolute atomic E-state index is 0.0590. The Balaban J connectivity index is 1.60. The summed E-state index contributed by atoms with van der Waals surface area (Å²) >= 11 is 0. The highest BCUT2D eigenvalue weighted by Crippen LogP contribution is 2.42. The average Bonchev–Trinajstić information content (AvgIpc) is 3.22. The van der Waals surface area contributed by atoms with Gasteiger partial charge in [-0.2, -0.15) is 0 Å². The van der Waals surface area contributed by atoms with Crippen molar-refractivity contribution in [3.63, 3.8) is 0 Å². The van der Waals surface area contributed by atoms with Gasteiger partial charge in [0.25, 0.3) is 0 Å². The third kappa shape index (κ3) is 6.75. The van der Waals surface area contributed by atoms with Gasteiger partial charge in [-0.3, -0.25) is 14.7 Å². The van der Waals surface area contributed by atoms with Gasteiger partial charge in [0.15, 0.2) is 23.0 Å². The number of carbonyl (C=O) groups excluding carboxylic acids is 1. The number of aromatic nitrogens is 1. The molecule has 0 saturated carbocycles. The number of hydrogen-bond donors (Lipinski definition) is 1. The molecule has 5 rings (SSSR count). The van der Waals surface area contributed by atoms with E-state index in [4.69, 9.17) is 18.9 Å². The van der Waals surface area contributed by atoms with Crippen molar-refractivity contribution in [1.82, 2.24) is 15.2 Å². The summed E-state index contributed by atoms with van der Waals surface area (Å²) in [6.45, 7) is 1.11. The molecule has 1 amide bonds. The van der Waals surface area contributed by atoms with Crippen LogP contribution < -0.4 is 24.3 Å². The topological polar surface area (TPSA) is 82.2 Å². The van der Waals surface area contributed by atoms with Gasteiger partial charge in [-0.05, 0) is 77.4 Å². The zero-order valence-corrected chi connectivity index (χ0v) is 25.2. The number of ether oxygens (including phenoxy) is 4. The van der Waals surface area contributed by atoms with Gasteiger partial charge in [0.2, 0.25) is 5.91 Å². The number of amides is 1. The molecule has 0 spiro atoms. The van der Waals surface area contributed by atoms with Crippen LogP contribution >= 0.6 is 0 Å². The number of hydrogen-bond acceptors (Lipinski definition) is 7. The predicted molar refractivity (Wildman–Crippen MR) is 166 cm³/mol. The highest BCUT2D eigenvalue weighted by atomic mass is 16.5. The van der Waals surface area contributed by atoms with Gasteiger partial charge in [0.05, 0.1) is 28.4 Å². The summed E-state index contributed by atoms with van der Waals surface area (Å²) < 4.78 is 22.6. The fourth-order valence-electron chi connectivity index (χ4n) is 5.93. The van der Waals surface area contributed by atoms with Crippen LogP contribution in [0.1, 0.15) is 46.3 Å². The van der Waals surface area contributed by atoms with Crippen LogP contribution in [0.25, 0.3) is 0 Å². The first kappa shape index (κ1) is 29.9. The number of aryl methyl sites for hydroxylation is 1. The maximum Gasteiger partial charge on any atom is 0.242 e. The van der Waals surface area contributed by atoms with Crippen molar-refractivity contribution in [3.05, 3.63) is 113 Å². The van der Waals surface area contributed by atoms with Gasteiger partial charge >= 0.3 is 0 Å². The summed E-state index contributed by atoms with van der Waals surface area (Å²) in [5.74, 6) is 2.65. The van der Waals surface area contributed by atoms with E-state index in [0.717, 1.165) is 41.6 Å². The van der Waals surface area contributed by atoms with E-state index in [1.165, 1.54) is 5.56 Å². The normalized spacial score (nSPS) is 15.5. The van der Waals surface area contributed by atoms with Gasteiger partial charge in [-0.25, -0.2) is 0 Å². The molecule has 8 heteroatoms. The van der Waals surface area contributed by atoms with E-state index in [2.05, 4.69) is 33.4 Å². The van der Waals surface area contributed by atoms with Crippen molar-refractivity contribution < 1.29 is 23.7 Å². The van der Waals surface area contributed by atoms with Gasteiger partial charge in [0.1, 0.15) is 6.04 Å². The van der Waals surface area contributed by atoms with E-state index in [1.807, 2.05) is 54.6 Å². The second kappa shape index (κ2) is 14.1. The lowest BCUT2D eigenvalue weighted by atomic mass is 9.91. The Morgan fingerprint density at radius 2 is 1.58 bits per heavy atom. The number of nitrogens with zero attached hydrogens (tertiary/aromatic N) is 2. The quantitative estimate of drug-likeness (QED) is 0.243. The minimum atomic E-state index is -0.526. The smallest absolute Gasteiger partial charge is 0.242 e. The average molecular weight is 582 g/mol. The highest BCUT2D eigenvalue weighted by molar-refractivity contribution is 5.83. The van der Waals surface area contributed by atoms with Gasteiger partial charge in [-0.1, -0.05) is 42.5 Å². The summed E-state index contributed by atoms with van der Waals surface area (Å²) in [5.41, 5.74) is 5.26. The molecule has 0 radical (unpaired) electrons. The number of methoxy groups -OCH3 is 4. The molecule has 0 fully saturated rings. The molecule has 2 atom stereocenters. The molecular formula is C35H39N3O5. The monoisotopic (exact) mass is 581 g/mol. The number of fused-ring (bicyclic) bond motifs is 1. The van der Waals surface area contributed by atoms with E-state index < -0.39 is 6.04 Å². The molecule has 4 aromatic rings. The summed E-state index contributed by atoms with van der Waals surface area (Å²) in [6, 6.07) is 23.3. The summed E-state index contributed by atoms with van der Waals surface area (Å²) in [4.78, 5) is 20.7. The predicted octanol–water partition coefficient (Wildman–Crippen LogP) is 5.71. The molecule has 1 aliphatic heterocycles. The molecule has 0 bridgehead atoms. The van der Waals surface area contributed by atoms with Gasteiger partial charge in [-0.15, -0.1) is 0 Å². The first-order valence-corrected chi connectivity index (χ1v) is 14.5. The maximum atomic E-state index is 14.2. The van der Waals surface area contributed by atoms with E-state index in [9.17, 15) is 4.79 Å². The Labute approximate surface area is 253 Å². The third-order valence-electron chi connectivity index (χ3n) is 8.03. The van der Waals surface area contributed by atoms with E-state index in [1.54, 1.807) is 40.8 Å². The number of nitrogens with one attached hydrogen (secondary N) is 1. The first-order valence-electron chi connectivity index (χ1n) is 14.5. The molecule has 2 unspecified atom stereocenters. The number of carbonyl (C=O) groups is 1. The second-order valence-electron chi connectivity index (χ2n) is 10.5. The molecule has 1 aliphatic rings. The van der Waals surface area contributed by atoms with Crippen molar-refractivity contribution >= 4 is 5.91 Å². The Morgan fingerprint density at radius 3 is 2.28 bits per heavy atom. The lowest BCUT2D eigenvalue weighted by Crippen LogP contribution is -2.43. The minimum Gasteiger partial charge on any atom is -0.493 e. The van der Waals surface area contributed by atoms with E-state index in [0.29, 0.717) is 36.0 Å². The van der Waals surface area contributed by atoms with Crippen molar-refractivity contribution in [3.8, 4) is 23.0 Å². The fourth-order valence-corrected chi connectivity index (χ4v) is 5.93. The van der Waals surface area contributed by atoms with Crippen LogP contribution in [0.4, 0.5) is 0 Å². The van der Waals surface area contributed by atoms with Crippen LogP contribution in [0.2, 0.25) is 0 Å². The third-order valence-corrected chi connectivity index (χ3v) is 8.03. The Bertz CT molecular complexity index is 1510. The molecule has 0 aliphatic carbocycles. The standard InChI is InChI=1S/C35H39N3O5/c1-40-30-15-14-24(19-31(30)41-2)18-29-28-21-33(43-4)32(42-3)20-27(28)13-9-17-38(29)34(26-11-6-5-7-12-26)35(39)37-23-25-10-8-16-36-22-25/h5-8,10-12,14-16,19-22,29,34H,9,13,17-18,23H2,1-4H3,(H,37,39). The van der Waals surface area contributed by atoms with Crippen molar-refractivity contribution in [2.45, 2.75) is 37.9 Å². The van der Waals surface area contributed by atoms with Crippen LogP contribution in [-0.4, -0.2) is 50.8 Å². The summed E-state index contributed by atoms with van der Waals surface area (Å²) in [5, 5.41) is 3.20. The largest absolute Gasteiger partial charge is 0.493 e. The Kier molecular flexibility index (Phi) is 9.79. The number of pyridine rings is 1. The zero-order chi connectivity index (χ0) is 30.2. The first-order chi connectivity index (χ1) is 21.1. The molecule has 8 nitrogen and oxygen atoms in total. The lowest BCUT2D eigenvalue weighted by molar-refractivity contribution is -0.128. The summed E-state index contributed by atoms with van der Waals surface area (Å²) in [6.07, 6.45) is 5.88. The van der Waals surface area contributed by atoms with Crippen LogP contribution in [0.3, 0.4) is 0 Å². The van der Waals surface area contributed by atoms with Gasteiger partial charge < -0.3 is 24.3 Å². The van der Waals surface area contributed by atoms with E-state index >= 15 is 0 Å². The Morgan fingerprint density at radius 1 is 0.860 bits per heavy atom. The molecule has 43 heavy (non-hydrogen) atoms. The fraction of sp³-hybridized carbons (Fsp3) is 0.314. The molecular weight excluding hydrogens is 542 g/mol. The van der Waals surface area contributed by atoms with E-state index in [-0.39, 0.29) is 11.9 Å². The molecule has 224 valence electrons. The SMILES string of the molecule is COc1ccc(CC2c3cc(OC)c(OC)cc3CCCN2C(C(=O)NCc2cccnc2)c2ccccc2)cc1OC. The van der Waals surface area contributed by atoms with Crippen LogP contribution in [0, 0.1) is 0 Å². The van der Waals surface area contributed by atoms with Crippen LogP contribution in [-0.2, 0) is 24.2 Å².